The minimum atomic E-state index is 0.615. The van der Waals surface area contributed by atoms with Crippen molar-refractivity contribution < 1.29 is 0 Å². The first-order valence-electron chi connectivity index (χ1n) is 7.36. The quantitative estimate of drug-likeness (QED) is 0.809. The van der Waals surface area contributed by atoms with Crippen molar-refractivity contribution in [3.05, 3.63) is 18.5 Å². The van der Waals surface area contributed by atoms with E-state index >= 15 is 0 Å². The smallest absolute Gasteiger partial charge is 0.0772 e. The molecule has 0 amide bonds. The summed E-state index contributed by atoms with van der Waals surface area (Å²) in [5.74, 6) is 0. The van der Waals surface area contributed by atoms with E-state index in [1.165, 1.54) is 65.0 Å². The molecule has 0 saturated carbocycles. The molecule has 1 aromatic heterocycles. The molecule has 0 spiro atoms. The molecule has 18 heavy (non-hydrogen) atoms. The topological polar surface area (TPSA) is 24.3 Å². The summed E-state index contributed by atoms with van der Waals surface area (Å²) in [5, 5.41) is 4.31. The van der Waals surface area contributed by atoms with E-state index in [0.717, 1.165) is 0 Å². The van der Waals surface area contributed by atoms with Crippen LogP contribution >= 0.6 is 0 Å². The van der Waals surface area contributed by atoms with Crippen molar-refractivity contribution in [3.8, 4) is 0 Å². The Hall–Kier alpha value is -0.870. The number of hydrogen-bond acceptors (Lipinski definition) is 3. The molecule has 100 valence electrons. The molecule has 2 saturated heterocycles. The van der Waals surface area contributed by atoms with Crippen LogP contribution < -0.4 is 0 Å². The molecular weight excluding hydrogens is 224 g/mol. The third-order valence-corrected chi connectivity index (χ3v) is 4.27. The maximum Gasteiger partial charge on any atom is 0.0772 e. The van der Waals surface area contributed by atoms with Gasteiger partial charge in [0.05, 0.1) is 6.04 Å². The van der Waals surface area contributed by atoms with E-state index in [2.05, 4.69) is 25.8 Å². The molecule has 0 radical (unpaired) electrons. The predicted molar refractivity (Wildman–Crippen MR) is 72.6 cm³/mol. The predicted octanol–water partition coefficient (Wildman–Crippen LogP) is 1.62. The fourth-order valence-corrected chi connectivity index (χ4v) is 3.03. The van der Waals surface area contributed by atoms with E-state index in [1.807, 2.05) is 12.3 Å². The second kappa shape index (κ2) is 5.85. The van der Waals surface area contributed by atoms with E-state index in [9.17, 15) is 0 Å². The minimum Gasteiger partial charge on any atom is -0.302 e. The standard InChI is InChI=1S/C14H24N4/c1-2-4-8-16(7-3-1)10-11-17-12-14(13-17)18-9-5-6-15-18/h5-6,9,14H,1-4,7-8,10-13H2. The van der Waals surface area contributed by atoms with Gasteiger partial charge in [-0.15, -0.1) is 0 Å². The fraction of sp³-hybridized carbons (Fsp3) is 0.786. The lowest BCUT2D eigenvalue weighted by atomic mass is 10.1. The summed E-state index contributed by atoms with van der Waals surface area (Å²) in [4.78, 5) is 5.20. The Morgan fingerprint density at radius 1 is 0.944 bits per heavy atom. The van der Waals surface area contributed by atoms with Gasteiger partial charge in [0, 0.05) is 38.6 Å². The molecular formula is C14H24N4. The maximum absolute atomic E-state index is 4.31. The summed E-state index contributed by atoms with van der Waals surface area (Å²) >= 11 is 0. The average molecular weight is 248 g/mol. The number of likely N-dealkylation sites (tertiary alicyclic amines) is 2. The average Bonchev–Trinajstić information content (AvgIpc) is 2.71. The van der Waals surface area contributed by atoms with Crippen molar-refractivity contribution in [3.63, 3.8) is 0 Å². The van der Waals surface area contributed by atoms with Crippen LogP contribution in [0.4, 0.5) is 0 Å². The Morgan fingerprint density at radius 2 is 1.67 bits per heavy atom. The first-order valence-corrected chi connectivity index (χ1v) is 7.36. The van der Waals surface area contributed by atoms with Crippen LogP contribution in [0.3, 0.4) is 0 Å². The van der Waals surface area contributed by atoms with E-state index in [1.54, 1.807) is 0 Å². The molecule has 3 rings (SSSR count). The molecule has 0 aliphatic carbocycles. The third-order valence-electron chi connectivity index (χ3n) is 4.27. The molecule has 0 atom stereocenters. The summed E-state index contributed by atoms with van der Waals surface area (Å²) in [6, 6.07) is 2.63. The highest BCUT2D eigenvalue weighted by Gasteiger charge is 2.28. The van der Waals surface area contributed by atoms with Crippen molar-refractivity contribution >= 4 is 0 Å². The number of aromatic nitrogens is 2. The van der Waals surface area contributed by atoms with Gasteiger partial charge in [-0.2, -0.15) is 5.10 Å². The van der Waals surface area contributed by atoms with Gasteiger partial charge in [-0.05, 0) is 32.0 Å². The second-order valence-corrected chi connectivity index (χ2v) is 5.66. The Morgan fingerprint density at radius 3 is 2.33 bits per heavy atom. The zero-order valence-corrected chi connectivity index (χ0v) is 11.2. The van der Waals surface area contributed by atoms with Crippen LogP contribution in [0.15, 0.2) is 18.5 Å². The van der Waals surface area contributed by atoms with Gasteiger partial charge in [0.15, 0.2) is 0 Å². The Bertz CT molecular complexity index is 335. The van der Waals surface area contributed by atoms with E-state index in [0.29, 0.717) is 6.04 Å². The van der Waals surface area contributed by atoms with Crippen LogP contribution in [0.25, 0.3) is 0 Å². The van der Waals surface area contributed by atoms with Gasteiger partial charge >= 0.3 is 0 Å². The van der Waals surface area contributed by atoms with Crippen LogP contribution in [-0.4, -0.2) is 58.8 Å². The van der Waals surface area contributed by atoms with Crippen LogP contribution in [0, 0.1) is 0 Å². The second-order valence-electron chi connectivity index (χ2n) is 5.66. The van der Waals surface area contributed by atoms with Gasteiger partial charge in [0.1, 0.15) is 0 Å². The molecule has 2 aliphatic heterocycles. The van der Waals surface area contributed by atoms with Crippen LogP contribution in [0.5, 0.6) is 0 Å². The van der Waals surface area contributed by atoms with Crippen molar-refractivity contribution in [1.82, 2.24) is 19.6 Å². The first-order chi connectivity index (χ1) is 8.92. The zero-order chi connectivity index (χ0) is 12.2. The van der Waals surface area contributed by atoms with Gasteiger partial charge in [0.25, 0.3) is 0 Å². The van der Waals surface area contributed by atoms with Crippen molar-refractivity contribution in [2.45, 2.75) is 31.7 Å². The van der Waals surface area contributed by atoms with Crippen molar-refractivity contribution in [2.75, 3.05) is 39.3 Å². The number of nitrogens with zero attached hydrogens (tertiary/aromatic N) is 4. The zero-order valence-electron chi connectivity index (χ0n) is 11.2. The molecule has 4 nitrogen and oxygen atoms in total. The van der Waals surface area contributed by atoms with Crippen LogP contribution in [0.2, 0.25) is 0 Å². The summed E-state index contributed by atoms with van der Waals surface area (Å²) in [5.41, 5.74) is 0. The normalized spacial score (nSPS) is 23.8. The molecule has 0 bridgehead atoms. The first kappa shape index (κ1) is 12.2. The molecule has 2 fully saturated rings. The lowest BCUT2D eigenvalue weighted by Gasteiger charge is -2.40. The van der Waals surface area contributed by atoms with Gasteiger partial charge < -0.3 is 4.90 Å². The number of hydrogen-bond donors (Lipinski definition) is 0. The summed E-state index contributed by atoms with van der Waals surface area (Å²) < 4.78 is 2.10. The Labute approximate surface area is 110 Å². The SMILES string of the molecule is c1cnn(C2CN(CCN3CCCCCC3)C2)c1. The lowest BCUT2D eigenvalue weighted by molar-refractivity contribution is 0.0846. The molecule has 1 aromatic rings. The summed E-state index contributed by atoms with van der Waals surface area (Å²) in [6.45, 7) is 7.47. The largest absolute Gasteiger partial charge is 0.302 e. The van der Waals surface area contributed by atoms with Crippen LogP contribution in [-0.2, 0) is 0 Å². The molecule has 0 aromatic carbocycles. The Kier molecular flexibility index (Phi) is 3.96. The highest BCUT2D eigenvalue weighted by atomic mass is 15.4. The number of rotatable bonds is 4. The highest BCUT2D eigenvalue weighted by Crippen LogP contribution is 2.19. The van der Waals surface area contributed by atoms with Gasteiger partial charge in [-0.3, -0.25) is 9.58 Å². The van der Waals surface area contributed by atoms with E-state index in [-0.39, 0.29) is 0 Å². The maximum atomic E-state index is 4.31. The molecule has 0 N–H and O–H groups in total. The third kappa shape index (κ3) is 2.93. The fourth-order valence-electron chi connectivity index (χ4n) is 3.03. The molecule has 3 heterocycles. The highest BCUT2D eigenvalue weighted by molar-refractivity contribution is 4.89. The van der Waals surface area contributed by atoms with Crippen molar-refractivity contribution in [1.29, 1.82) is 0 Å². The lowest BCUT2D eigenvalue weighted by Crippen LogP contribution is -2.50. The van der Waals surface area contributed by atoms with Crippen molar-refractivity contribution in [2.24, 2.45) is 0 Å². The minimum absolute atomic E-state index is 0.615. The van der Waals surface area contributed by atoms with Gasteiger partial charge in [0.2, 0.25) is 0 Å². The van der Waals surface area contributed by atoms with Crippen LogP contribution in [0.1, 0.15) is 31.7 Å². The molecule has 2 aliphatic rings. The summed E-state index contributed by atoms with van der Waals surface area (Å²) in [7, 11) is 0. The monoisotopic (exact) mass is 248 g/mol. The Balaban J connectivity index is 1.35. The van der Waals surface area contributed by atoms with Gasteiger partial charge in [-0.1, -0.05) is 12.8 Å². The van der Waals surface area contributed by atoms with E-state index < -0.39 is 0 Å². The van der Waals surface area contributed by atoms with E-state index in [4.69, 9.17) is 0 Å². The molecule has 4 heteroatoms. The summed E-state index contributed by atoms with van der Waals surface area (Å²) in [6.07, 6.45) is 9.62. The van der Waals surface area contributed by atoms with Gasteiger partial charge in [-0.25, -0.2) is 0 Å². The molecule has 0 unspecified atom stereocenters.